The van der Waals surface area contributed by atoms with Crippen molar-refractivity contribution in [1.82, 2.24) is 5.32 Å². The average Bonchev–Trinajstić information content (AvgIpc) is 2.83. The van der Waals surface area contributed by atoms with Gasteiger partial charge in [0, 0.05) is 0 Å². The largest absolute Gasteiger partial charge is 0.490 e. The van der Waals surface area contributed by atoms with Crippen LogP contribution in [-0.4, -0.2) is 24.5 Å². The molecule has 1 heterocycles. The lowest BCUT2D eigenvalue weighted by atomic mass is 10.1. The van der Waals surface area contributed by atoms with E-state index in [0.717, 1.165) is 16.0 Å². The van der Waals surface area contributed by atoms with Gasteiger partial charge in [0.15, 0.2) is 11.5 Å². The van der Waals surface area contributed by atoms with Gasteiger partial charge in [-0.3, -0.25) is 14.9 Å². The number of rotatable bonds is 7. The lowest BCUT2D eigenvalue weighted by Crippen LogP contribution is -2.54. The Morgan fingerprint density at radius 1 is 0.882 bits per heavy atom. The molecule has 4 rings (SSSR count). The first-order valence-corrected chi connectivity index (χ1v) is 10.9. The number of urea groups is 1. The summed E-state index contributed by atoms with van der Waals surface area (Å²) in [5, 5.41) is 2.25. The molecule has 0 aliphatic carbocycles. The highest BCUT2D eigenvalue weighted by Gasteiger charge is 2.37. The third-order valence-electron chi connectivity index (χ3n) is 5.27. The quantitative estimate of drug-likeness (QED) is 0.414. The summed E-state index contributed by atoms with van der Waals surface area (Å²) in [6.07, 6.45) is 1.44. The van der Waals surface area contributed by atoms with Crippen LogP contribution < -0.4 is 19.7 Å². The summed E-state index contributed by atoms with van der Waals surface area (Å²) < 4.78 is 11.6. The number of carbonyl (C=O) groups excluding carboxylic acids is 3. The SMILES string of the molecule is CCOc1cc(/C=C2\C(=O)NC(=O)N(c3ccccc3C)C2=O)ccc1OCc1ccccc1. The van der Waals surface area contributed by atoms with E-state index in [2.05, 4.69) is 5.32 Å². The maximum absolute atomic E-state index is 13.2. The Morgan fingerprint density at radius 2 is 1.62 bits per heavy atom. The summed E-state index contributed by atoms with van der Waals surface area (Å²) in [6.45, 7) is 4.43. The van der Waals surface area contributed by atoms with Gasteiger partial charge < -0.3 is 9.47 Å². The van der Waals surface area contributed by atoms with Crippen LogP contribution >= 0.6 is 0 Å². The smallest absolute Gasteiger partial charge is 0.335 e. The van der Waals surface area contributed by atoms with Gasteiger partial charge in [0.25, 0.3) is 11.8 Å². The second-order valence-electron chi connectivity index (χ2n) is 7.66. The molecule has 0 saturated carbocycles. The molecular weight excluding hydrogens is 432 g/mol. The number of ether oxygens (including phenoxy) is 2. The number of amides is 4. The molecule has 7 nitrogen and oxygen atoms in total. The Morgan fingerprint density at radius 3 is 2.35 bits per heavy atom. The number of hydrogen-bond donors (Lipinski definition) is 1. The molecule has 0 aromatic heterocycles. The van der Waals surface area contributed by atoms with Crippen LogP contribution in [0.4, 0.5) is 10.5 Å². The molecule has 1 aliphatic rings. The summed E-state index contributed by atoms with van der Waals surface area (Å²) in [5.74, 6) is -0.403. The lowest BCUT2D eigenvalue weighted by molar-refractivity contribution is -0.122. The molecule has 34 heavy (non-hydrogen) atoms. The Bertz CT molecular complexity index is 1270. The van der Waals surface area contributed by atoms with Gasteiger partial charge in [-0.1, -0.05) is 54.6 Å². The van der Waals surface area contributed by atoms with Gasteiger partial charge in [-0.2, -0.15) is 0 Å². The predicted octanol–water partition coefficient (Wildman–Crippen LogP) is 4.64. The molecule has 3 aromatic rings. The minimum Gasteiger partial charge on any atom is -0.490 e. The highest BCUT2D eigenvalue weighted by atomic mass is 16.5. The standard InChI is InChI=1S/C27H24N2O5/c1-3-33-24-16-20(13-14-23(24)34-17-19-10-5-4-6-11-19)15-21-25(30)28-27(32)29(26(21)31)22-12-8-7-9-18(22)2/h4-16H,3,17H2,1-2H3,(H,28,30,32)/b21-15+. The molecule has 1 N–H and O–H groups in total. The lowest BCUT2D eigenvalue weighted by Gasteiger charge is -2.27. The van der Waals surface area contributed by atoms with Crippen molar-refractivity contribution in [3.8, 4) is 11.5 Å². The van der Waals surface area contributed by atoms with Crippen LogP contribution in [0.1, 0.15) is 23.6 Å². The number of nitrogens with zero attached hydrogens (tertiary/aromatic N) is 1. The van der Waals surface area contributed by atoms with E-state index >= 15 is 0 Å². The maximum atomic E-state index is 13.2. The summed E-state index contributed by atoms with van der Waals surface area (Å²) in [5.41, 5.74) is 2.58. The zero-order valence-electron chi connectivity index (χ0n) is 18.9. The van der Waals surface area contributed by atoms with Gasteiger partial charge in [0.2, 0.25) is 0 Å². The maximum Gasteiger partial charge on any atom is 0.335 e. The summed E-state index contributed by atoms with van der Waals surface area (Å²) in [6, 6.07) is 21.1. The van der Waals surface area contributed by atoms with Crippen molar-refractivity contribution in [2.45, 2.75) is 20.5 Å². The van der Waals surface area contributed by atoms with Gasteiger partial charge >= 0.3 is 6.03 Å². The molecule has 1 fully saturated rings. The van der Waals surface area contributed by atoms with Crippen LogP contribution in [0.2, 0.25) is 0 Å². The molecule has 0 spiro atoms. The monoisotopic (exact) mass is 456 g/mol. The third-order valence-corrected chi connectivity index (χ3v) is 5.27. The predicted molar refractivity (Wildman–Crippen MR) is 129 cm³/mol. The Labute approximate surface area is 197 Å². The van der Waals surface area contributed by atoms with E-state index in [-0.39, 0.29) is 5.57 Å². The Balaban J connectivity index is 1.63. The van der Waals surface area contributed by atoms with Crippen molar-refractivity contribution in [3.63, 3.8) is 0 Å². The van der Waals surface area contributed by atoms with Crippen molar-refractivity contribution >= 4 is 29.6 Å². The fraction of sp³-hybridized carbons (Fsp3) is 0.148. The first-order chi connectivity index (χ1) is 16.5. The van der Waals surface area contributed by atoms with Crippen molar-refractivity contribution in [2.75, 3.05) is 11.5 Å². The average molecular weight is 456 g/mol. The number of hydrogen-bond acceptors (Lipinski definition) is 5. The number of nitrogens with one attached hydrogen (secondary N) is 1. The van der Waals surface area contributed by atoms with Gasteiger partial charge in [-0.25, -0.2) is 9.69 Å². The molecule has 3 aromatic carbocycles. The normalized spacial score (nSPS) is 14.8. The number of aryl methyl sites for hydroxylation is 1. The second-order valence-corrected chi connectivity index (χ2v) is 7.66. The first kappa shape index (κ1) is 22.8. The number of carbonyl (C=O) groups is 3. The van der Waals surface area contributed by atoms with Crippen molar-refractivity contribution in [3.05, 3.63) is 95.1 Å². The van der Waals surface area contributed by atoms with E-state index in [1.54, 1.807) is 43.3 Å². The van der Waals surface area contributed by atoms with Crippen molar-refractivity contribution in [2.24, 2.45) is 0 Å². The van der Waals surface area contributed by atoms with Crippen LogP contribution in [0.15, 0.2) is 78.4 Å². The second kappa shape index (κ2) is 10.0. The van der Waals surface area contributed by atoms with Gasteiger partial charge in [0.05, 0.1) is 12.3 Å². The molecule has 0 unspecified atom stereocenters. The Kier molecular flexibility index (Phi) is 6.73. The molecule has 0 bridgehead atoms. The molecule has 7 heteroatoms. The Hall–Kier alpha value is -4.39. The van der Waals surface area contributed by atoms with Crippen LogP contribution in [0, 0.1) is 6.92 Å². The topological polar surface area (TPSA) is 84.9 Å². The highest BCUT2D eigenvalue weighted by Crippen LogP contribution is 2.31. The summed E-state index contributed by atoms with van der Waals surface area (Å²) >= 11 is 0. The molecule has 1 saturated heterocycles. The van der Waals surface area contributed by atoms with Crippen LogP contribution in [-0.2, 0) is 16.2 Å². The van der Waals surface area contributed by atoms with Crippen LogP contribution in [0.5, 0.6) is 11.5 Å². The number of para-hydroxylation sites is 1. The van der Waals surface area contributed by atoms with Gasteiger partial charge in [0.1, 0.15) is 12.2 Å². The number of benzene rings is 3. The number of anilines is 1. The molecule has 1 aliphatic heterocycles. The third kappa shape index (κ3) is 4.83. The van der Waals surface area contributed by atoms with Crippen molar-refractivity contribution in [1.29, 1.82) is 0 Å². The van der Waals surface area contributed by atoms with E-state index < -0.39 is 17.8 Å². The van der Waals surface area contributed by atoms with E-state index in [0.29, 0.717) is 36.0 Å². The van der Waals surface area contributed by atoms with E-state index in [9.17, 15) is 14.4 Å². The summed E-state index contributed by atoms with van der Waals surface area (Å²) in [4.78, 5) is 39.1. The molecule has 172 valence electrons. The van der Waals surface area contributed by atoms with E-state index in [1.807, 2.05) is 43.3 Å². The molecule has 0 radical (unpaired) electrons. The minimum atomic E-state index is -0.777. The fourth-order valence-electron chi connectivity index (χ4n) is 3.59. The van der Waals surface area contributed by atoms with Crippen molar-refractivity contribution < 1.29 is 23.9 Å². The number of barbiturate groups is 1. The van der Waals surface area contributed by atoms with Crippen LogP contribution in [0.25, 0.3) is 6.08 Å². The highest BCUT2D eigenvalue weighted by molar-refractivity contribution is 6.39. The van der Waals surface area contributed by atoms with Gasteiger partial charge in [-0.05, 0) is 54.8 Å². The molecular formula is C27H24N2O5. The van der Waals surface area contributed by atoms with E-state index in [4.69, 9.17) is 9.47 Å². The van der Waals surface area contributed by atoms with Gasteiger partial charge in [-0.15, -0.1) is 0 Å². The molecule has 4 amide bonds. The molecule has 0 atom stereocenters. The zero-order chi connectivity index (χ0) is 24.1. The van der Waals surface area contributed by atoms with Crippen LogP contribution in [0.3, 0.4) is 0 Å². The van der Waals surface area contributed by atoms with E-state index in [1.165, 1.54) is 6.08 Å². The zero-order valence-corrected chi connectivity index (χ0v) is 18.9. The minimum absolute atomic E-state index is 0.150. The summed E-state index contributed by atoms with van der Waals surface area (Å²) in [7, 11) is 0. The first-order valence-electron chi connectivity index (χ1n) is 10.9. The fourth-order valence-corrected chi connectivity index (χ4v) is 3.59. The number of imide groups is 2.